The molecular weight excluding hydrogens is 224 g/mol. The largest absolute Gasteiger partial charge is 0.508 e. The maximum atomic E-state index is 9.65. The van der Waals surface area contributed by atoms with Crippen LogP contribution in [0.5, 0.6) is 5.75 Å². The molecule has 1 fully saturated rings. The van der Waals surface area contributed by atoms with E-state index >= 15 is 0 Å². The van der Waals surface area contributed by atoms with E-state index in [1.54, 1.807) is 18.2 Å². The Balaban J connectivity index is 1.90. The van der Waals surface area contributed by atoms with Gasteiger partial charge in [-0.15, -0.1) is 0 Å². The number of rotatable bonds is 3. The van der Waals surface area contributed by atoms with Gasteiger partial charge in [0.2, 0.25) is 0 Å². The predicted octanol–water partition coefficient (Wildman–Crippen LogP) is 2.54. The zero-order valence-electron chi connectivity index (χ0n) is 9.25. The summed E-state index contributed by atoms with van der Waals surface area (Å²) in [4.78, 5) is 0. The minimum atomic E-state index is 0.300. The Bertz CT molecular complexity index is 351. The van der Waals surface area contributed by atoms with Gasteiger partial charge in [-0.3, -0.25) is 5.43 Å². The van der Waals surface area contributed by atoms with Crippen molar-refractivity contribution in [3.63, 3.8) is 0 Å². The molecule has 88 valence electrons. The van der Waals surface area contributed by atoms with Gasteiger partial charge in [0, 0.05) is 30.2 Å². The number of hydrogen-bond acceptors (Lipinski definition) is 3. The first-order valence-corrected chi connectivity index (χ1v) is 6.09. The lowest BCUT2D eigenvalue weighted by atomic mass is 10.1. The van der Waals surface area contributed by atoms with E-state index in [1.165, 1.54) is 19.3 Å². The summed E-state index contributed by atoms with van der Waals surface area (Å²) in [5.74, 6) is 0.300. The summed E-state index contributed by atoms with van der Waals surface area (Å²) in [6, 6.07) is 5.13. The van der Waals surface area contributed by atoms with Crippen LogP contribution in [0.15, 0.2) is 18.2 Å². The minimum Gasteiger partial charge on any atom is -0.508 e. The van der Waals surface area contributed by atoms with E-state index in [9.17, 15) is 5.11 Å². The molecule has 0 spiro atoms. The summed E-state index contributed by atoms with van der Waals surface area (Å²) >= 11 is 5.89. The number of benzene rings is 1. The fourth-order valence-corrected chi connectivity index (χ4v) is 2.14. The van der Waals surface area contributed by atoms with Crippen LogP contribution in [0.3, 0.4) is 0 Å². The second-order valence-electron chi connectivity index (χ2n) is 4.16. The smallest absolute Gasteiger partial charge is 0.120 e. The summed E-state index contributed by atoms with van der Waals surface area (Å²) in [7, 11) is 0. The highest BCUT2D eigenvalue weighted by Crippen LogP contribution is 2.21. The van der Waals surface area contributed by atoms with Gasteiger partial charge in [-0.25, -0.2) is 5.01 Å². The normalized spacial score (nSPS) is 17.6. The zero-order valence-corrected chi connectivity index (χ0v) is 10.0. The molecule has 4 heteroatoms. The SMILES string of the molecule is Oc1ccc(Cl)cc1CNN1CCCCC1. The molecule has 0 amide bonds. The molecule has 1 aromatic rings. The first kappa shape index (κ1) is 11.7. The standard InChI is InChI=1S/C12H17ClN2O/c13-11-4-5-12(16)10(8-11)9-14-15-6-2-1-3-7-15/h4-5,8,14,16H,1-3,6-7,9H2. The van der Waals surface area contributed by atoms with Gasteiger partial charge >= 0.3 is 0 Å². The molecule has 0 atom stereocenters. The quantitative estimate of drug-likeness (QED) is 0.853. The molecule has 1 aliphatic heterocycles. The predicted molar refractivity (Wildman–Crippen MR) is 65.4 cm³/mol. The van der Waals surface area contributed by atoms with Gasteiger partial charge < -0.3 is 5.11 Å². The highest BCUT2D eigenvalue weighted by Gasteiger charge is 2.10. The van der Waals surface area contributed by atoms with Crippen LogP contribution in [0.1, 0.15) is 24.8 Å². The lowest BCUT2D eigenvalue weighted by Crippen LogP contribution is -2.41. The van der Waals surface area contributed by atoms with E-state index in [0.29, 0.717) is 17.3 Å². The molecular formula is C12H17ClN2O. The van der Waals surface area contributed by atoms with Crippen molar-refractivity contribution >= 4 is 11.6 Å². The number of nitrogens with zero attached hydrogens (tertiary/aromatic N) is 1. The lowest BCUT2D eigenvalue weighted by molar-refractivity contribution is 0.150. The van der Waals surface area contributed by atoms with Crippen LogP contribution in [0.2, 0.25) is 5.02 Å². The average molecular weight is 241 g/mol. The number of aromatic hydroxyl groups is 1. The molecule has 2 rings (SSSR count). The van der Waals surface area contributed by atoms with Crippen molar-refractivity contribution in [1.82, 2.24) is 10.4 Å². The molecule has 1 aromatic carbocycles. The molecule has 1 aliphatic rings. The number of phenolic OH excluding ortho intramolecular Hbond substituents is 1. The number of nitrogens with one attached hydrogen (secondary N) is 1. The third kappa shape index (κ3) is 3.11. The molecule has 0 radical (unpaired) electrons. The Morgan fingerprint density at radius 1 is 1.25 bits per heavy atom. The molecule has 0 aliphatic carbocycles. The number of halogens is 1. The summed E-state index contributed by atoms with van der Waals surface area (Å²) in [5.41, 5.74) is 4.17. The monoisotopic (exact) mass is 240 g/mol. The van der Waals surface area contributed by atoms with E-state index in [1.807, 2.05) is 0 Å². The Labute approximate surface area is 101 Å². The minimum absolute atomic E-state index is 0.300. The van der Waals surface area contributed by atoms with Crippen molar-refractivity contribution in [2.24, 2.45) is 0 Å². The maximum Gasteiger partial charge on any atom is 0.120 e. The summed E-state index contributed by atoms with van der Waals surface area (Å²) in [6.07, 6.45) is 3.81. The maximum absolute atomic E-state index is 9.65. The van der Waals surface area contributed by atoms with Crippen LogP contribution in [0, 0.1) is 0 Å². The van der Waals surface area contributed by atoms with Crippen LogP contribution < -0.4 is 5.43 Å². The molecule has 0 saturated carbocycles. The second-order valence-corrected chi connectivity index (χ2v) is 4.59. The molecule has 2 N–H and O–H groups in total. The van der Waals surface area contributed by atoms with Gasteiger partial charge in [0.1, 0.15) is 5.75 Å². The molecule has 16 heavy (non-hydrogen) atoms. The number of phenols is 1. The first-order chi connectivity index (χ1) is 7.75. The molecule has 1 heterocycles. The van der Waals surface area contributed by atoms with Gasteiger partial charge in [-0.2, -0.15) is 0 Å². The van der Waals surface area contributed by atoms with Crippen molar-refractivity contribution in [1.29, 1.82) is 0 Å². The zero-order chi connectivity index (χ0) is 11.4. The van der Waals surface area contributed by atoms with Crippen LogP contribution in [-0.2, 0) is 6.54 Å². The van der Waals surface area contributed by atoms with Gasteiger partial charge in [-0.05, 0) is 31.0 Å². The molecule has 3 nitrogen and oxygen atoms in total. The van der Waals surface area contributed by atoms with Gasteiger partial charge in [-0.1, -0.05) is 18.0 Å². The highest BCUT2D eigenvalue weighted by molar-refractivity contribution is 6.30. The molecule has 0 bridgehead atoms. The van der Waals surface area contributed by atoms with E-state index in [0.717, 1.165) is 18.7 Å². The summed E-state index contributed by atoms with van der Waals surface area (Å²) < 4.78 is 0. The van der Waals surface area contributed by atoms with Crippen molar-refractivity contribution in [3.8, 4) is 5.75 Å². The number of piperidine rings is 1. The number of hydrazine groups is 1. The highest BCUT2D eigenvalue weighted by atomic mass is 35.5. The topological polar surface area (TPSA) is 35.5 Å². The third-order valence-electron chi connectivity index (χ3n) is 2.89. The van der Waals surface area contributed by atoms with E-state index < -0.39 is 0 Å². The van der Waals surface area contributed by atoms with Crippen molar-refractivity contribution in [2.75, 3.05) is 13.1 Å². The first-order valence-electron chi connectivity index (χ1n) is 5.71. The van der Waals surface area contributed by atoms with Gasteiger partial charge in [0.15, 0.2) is 0 Å². The van der Waals surface area contributed by atoms with Crippen LogP contribution in [0.25, 0.3) is 0 Å². The molecule has 0 unspecified atom stereocenters. The van der Waals surface area contributed by atoms with Crippen LogP contribution >= 0.6 is 11.6 Å². The van der Waals surface area contributed by atoms with Crippen molar-refractivity contribution < 1.29 is 5.11 Å². The Morgan fingerprint density at radius 2 is 2.00 bits per heavy atom. The van der Waals surface area contributed by atoms with Crippen LogP contribution in [-0.4, -0.2) is 23.2 Å². The fourth-order valence-electron chi connectivity index (χ4n) is 1.94. The molecule has 1 saturated heterocycles. The molecule has 0 aromatic heterocycles. The average Bonchev–Trinajstić information content (AvgIpc) is 2.32. The lowest BCUT2D eigenvalue weighted by Gasteiger charge is -2.27. The summed E-state index contributed by atoms with van der Waals surface area (Å²) in [5, 5.41) is 12.5. The van der Waals surface area contributed by atoms with Gasteiger partial charge in [0.25, 0.3) is 0 Å². The van der Waals surface area contributed by atoms with Gasteiger partial charge in [0.05, 0.1) is 0 Å². The van der Waals surface area contributed by atoms with E-state index in [2.05, 4.69) is 10.4 Å². The van der Waals surface area contributed by atoms with Crippen molar-refractivity contribution in [3.05, 3.63) is 28.8 Å². The Kier molecular flexibility index (Phi) is 4.04. The van der Waals surface area contributed by atoms with E-state index in [4.69, 9.17) is 11.6 Å². The Hall–Kier alpha value is -0.770. The summed E-state index contributed by atoms with van der Waals surface area (Å²) in [6.45, 7) is 2.80. The van der Waals surface area contributed by atoms with Crippen LogP contribution in [0.4, 0.5) is 0 Å². The van der Waals surface area contributed by atoms with Crippen molar-refractivity contribution in [2.45, 2.75) is 25.8 Å². The second kappa shape index (κ2) is 5.53. The fraction of sp³-hybridized carbons (Fsp3) is 0.500. The number of hydrogen-bond donors (Lipinski definition) is 2. The third-order valence-corrected chi connectivity index (χ3v) is 3.13. The Morgan fingerprint density at radius 3 is 2.75 bits per heavy atom. The van der Waals surface area contributed by atoms with E-state index in [-0.39, 0.29) is 0 Å².